The zero-order valence-corrected chi connectivity index (χ0v) is 9.86. The molecule has 0 bridgehead atoms. The zero-order chi connectivity index (χ0) is 11.1. The fraction of sp³-hybridized carbons (Fsp3) is 0.0909. The van der Waals surface area contributed by atoms with Gasteiger partial charge in [0.05, 0.1) is 18.4 Å². The summed E-state index contributed by atoms with van der Waals surface area (Å²) in [4.78, 5) is 13.8. The first kappa shape index (κ1) is 9.59. The molecule has 0 radical (unpaired) electrons. The van der Waals surface area contributed by atoms with Gasteiger partial charge in [0.25, 0.3) is 5.91 Å². The highest BCUT2D eigenvalue weighted by atomic mass is 79.9. The molecule has 0 spiro atoms. The third-order valence-corrected chi connectivity index (χ3v) is 3.16. The Morgan fingerprint density at radius 2 is 2.31 bits per heavy atom. The Morgan fingerprint density at radius 1 is 1.44 bits per heavy atom. The van der Waals surface area contributed by atoms with Crippen LogP contribution in [0.3, 0.4) is 0 Å². The van der Waals surface area contributed by atoms with Crippen molar-refractivity contribution in [3.63, 3.8) is 0 Å². The van der Waals surface area contributed by atoms with Gasteiger partial charge >= 0.3 is 0 Å². The van der Waals surface area contributed by atoms with Crippen LogP contribution in [0.1, 0.15) is 15.9 Å². The Balaban J connectivity index is 2.04. The van der Waals surface area contributed by atoms with E-state index in [1.54, 1.807) is 17.3 Å². The third kappa shape index (κ3) is 1.36. The number of fused-ring (bicyclic) bond motifs is 1. The van der Waals surface area contributed by atoms with Crippen LogP contribution in [-0.4, -0.2) is 16.1 Å². The molecule has 80 valence electrons. The SMILES string of the molecule is O=C1c2ccc(Br)cc2CN1c1cn[nH]c1. The van der Waals surface area contributed by atoms with E-state index in [1.807, 2.05) is 18.2 Å². The number of rotatable bonds is 1. The lowest BCUT2D eigenvalue weighted by molar-refractivity contribution is 0.0996. The highest BCUT2D eigenvalue weighted by molar-refractivity contribution is 9.10. The lowest BCUT2D eigenvalue weighted by atomic mass is 10.1. The topological polar surface area (TPSA) is 49.0 Å². The predicted octanol–water partition coefficient (Wildman–Crippen LogP) is 2.33. The molecule has 5 heteroatoms. The molecule has 0 unspecified atom stereocenters. The molecule has 0 aliphatic carbocycles. The molecule has 0 saturated carbocycles. The Kier molecular flexibility index (Phi) is 2.07. The number of nitrogens with zero attached hydrogens (tertiary/aromatic N) is 2. The number of aromatic amines is 1. The summed E-state index contributed by atoms with van der Waals surface area (Å²) in [7, 11) is 0. The highest BCUT2D eigenvalue weighted by Crippen LogP contribution is 2.29. The largest absolute Gasteiger partial charge is 0.301 e. The van der Waals surface area contributed by atoms with Gasteiger partial charge in [0.15, 0.2) is 0 Å². The second kappa shape index (κ2) is 3.45. The fourth-order valence-electron chi connectivity index (χ4n) is 1.89. The summed E-state index contributed by atoms with van der Waals surface area (Å²) in [5.41, 5.74) is 2.61. The van der Waals surface area contributed by atoms with Gasteiger partial charge in [0.1, 0.15) is 0 Å². The average molecular weight is 278 g/mol. The van der Waals surface area contributed by atoms with Crippen LogP contribution in [0.2, 0.25) is 0 Å². The summed E-state index contributed by atoms with van der Waals surface area (Å²) >= 11 is 3.41. The zero-order valence-electron chi connectivity index (χ0n) is 8.27. The number of hydrogen-bond acceptors (Lipinski definition) is 2. The molecule has 0 fully saturated rings. The molecule has 2 aromatic rings. The van der Waals surface area contributed by atoms with Gasteiger partial charge in [0.2, 0.25) is 0 Å². The second-order valence-corrected chi connectivity index (χ2v) is 4.56. The van der Waals surface area contributed by atoms with Gasteiger partial charge in [-0.15, -0.1) is 0 Å². The van der Waals surface area contributed by atoms with E-state index in [0.717, 1.165) is 21.3 Å². The van der Waals surface area contributed by atoms with E-state index in [2.05, 4.69) is 26.1 Å². The number of carbonyl (C=O) groups is 1. The number of hydrogen-bond donors (Lipinski definition) is 1. The summed E-state index contributed by atoms with van der Waals surface area (Å²) in [6.45, 7) is 0.604. The number of carbonyl (C=O) groups excluding carboxylic acids is 1. The summed E-state index contributed by atoms with van der Waals surface area (Å²) < 4.78 is 0.994. The van der Waals surface area contributed by atoms with Gasteiger partial charge in [-0.05, 0) is 23.8 Å². The van der Waals surface area contributed by atoms with Gasteiger partial charge in [-0.1, -0.05) is 15.9 Å². The third-order valence-electron chi connectivity index (χ3n) is 2.67. The molecule has 3 rings (SSSR count). The number of aromatic nitrogens is 2. The number of halogens is 1. The maximum atomic E-state index is 12.1. The number of H-pyrrole nitrogens is 1. The van der Waals surface area contributed by atoms with E-state index in [0.29, 0.717) is 6.54 Å². The molecular formula is C11H8BrN3O. The van der Waals surface area contributed by atoms with Gasteiger partial charge in [-0.25, -0.2) is 0 Å². The molecule has 1 amide bonds. The Labute approximate surface area is 100 Å². The van der Waals surface area contributed by atoms with E-state index in [4.69, 9.17) is 0 Å². The summed E-state index contributed by atoms with van der Waals surface area (Å²) in [5, 5.41) is 6.57. The highest BCUT2D eigenvalue weighted by Gasteiger charge is 2.28. The van der Waals surface area contributed by atoms with Crippen molar-refractivity contribution in [1.29, 1.82) is 0 Å². The summed E-state index contributed by atoms with van der Waals surface area (Å²) in [6.07, 6.45) is 3.37. The van der Waals surface area contributed by atoms with E-state index >= 15 is 0 Å². The molecule has 4 nitrogen and oxygen atoms in total. The quantitative estimate of drug-likeness (QED) is 0.870. The minimum atomic E-state index is 0.0314. The minimum Gasteiger partial charge on any atom is -0.301 e. The molecule has 0 saturated heterocycles. The number of amides is 1. The van der Waals surface area contributed by atoms with Crippen molar-refractivity contribution in [2.24, 2.45) is 0 Å². The Bertz CT molecular complexity index is 550. The second-order valence-electron chi connectivity index (χ2n) is 3.65. The smallest absolute Gasteiger partial charge is 0.259 e. The Hall–Kier alpha value is -1.62. The van der Waals surface area contributed by atoms with Crippen LogP contribution in [-0.2, 0) is 6.54 Å². The van der Waals surface area contributed by atoms with Crippen LogP contribution in [0, 0.1) is 0 Å². The molecular weight excluding hydrogens is 270 g/mol. The lowest BCUT2D eigenvalue weighted by Gasteiger charge is -2.11. The number of nitrogens with one attached hydrogen (secondary N) is 1. The molecule has 1 aromatic carbocycles. The van der Waals surface area contributed by atoms with Crippen molar-refractivity contribution >= 4 is 27.5 Å². The molecule has 0 atom stereocenters. The van der Waals surface area contributed by atoms with E-state index in [9.17, 15) is 4.79 Å². The Morgan fingerprint density at radius 3 is 3.06 bits per heavy atom. The normalized spacial score (nSPS) is 14.3. The van der Waals surface area contributed by atoms with Crippen LogP contribution in [0.25, 0.3) is 0 Å². The van der Waals surface area contributed by atoms with Crippen LogP contribution in [0.5, 0.6) is 0 Å². The molecule has 1 N–H and O–H groups in total. The number of anilines is 1. The van der Waals surface area contributed by atoms with Crippen molar-refractivity contribution in [2.45, 2.75) is 6.54 Å². The van der Waals surface area contributed by atoms with Crippen LogP contribution < -0.4 is 4.90 Å². The van der Waals surface area contributed by atoms with Crippen molar-refractivity contribution in [3.05, 3.63) is 46.2 Å². The number of benzene rings is 1. The van der Waals surface area contributed by atoms with Crippen molar-refractivity contribution in [1.82, 2.24) is 10.2 Å². The van der Waals surface area contributed by atoms with E-state index in [1.165, 1.54) is 0 Å². The summed E-state index contributed by atoms with van der Waals surface area (Å²) in [6, 6.07) is 5.71. The van der Waals surface area contributed by atoms with Crippen LogP contribution in [0.4, 0.5) is 5.69 Å². The van der Waals surface area contributed by atoms with Crippen LogP contribution >= 0.6 is 15.9 Å². The molecule has 1 aliphatic rings. The van der Waals surface area contributed by atoms with Gasteiger partial charge in [0, 0.05) is 16.2 Å². The predicted molar refractivity (Wildman–Crippen MR) is 63.2 cm³/mol. The standard InChI is InChI=1S/C11H8BrN3O/c12-8-1-2-10-7(3-8)6-15(11(10)16)9-4-13-14-5-9/h1-5H,6H2,(H,13,14). The monoisotopic (exact) mass is 277 g/mol. The van der Waals surface area contributed by atoms with Crippen LogP contribution in [0.15, 0.2) is 35.1 Å². The summed E-state index contributed by atoms with van der Waals surface area (Å²) in [5.74, 6) is 0.0314. The first-order valence-electron chi connectivity index (χ1n) is 4.85. The maximum Gasteiger partial charge on any atom is 0.259 e. The fourth-order valence-corrected chi connectivity index (χ4v) is 2.30. The first-order valence-corrected chi connectivity index (χ1v) is 5.64. The van der Waals surface area contributed by atoms with Crippen molar-refractivity contribution in [2.75, 3.05) is 4.90 Å². The van der Waals surface area contributed by atoms with Gasteiger partial charge < -0.3 is 4.90 Å². The van der Waals surface area contributed by atoms with Gasteiger partial charge in [-0.3, -0.25) is 9.89 Å². The minimum absolute atomic E-state index is 0.0314. The lowest BCUT2D eigenvalue weighted by Crippen LogP contribution is -2.22. The van der Waals surface area contributed by atoms with E-state index in [-0.39, 0.29) is 5.91 Å². The molecule has 1 aliphatic heterocycles. The van der Waals surface area contributed by atoms with Gasteiger partial charge in [-0.2, -0.15) is 5.10 Å². The molecule has 16 heavy (non-hydrogen) atoms. The van der Waals surface area contributed by atoms with Crippen molar-refractivity contribution < 1.29 is 4.79 Å². The maximum absolute atomic E-state index is 12.1. The molecule has 2 heterocycles. The molecule has 1 aromatic heterocycles. The average Bonchev–Trinajstić information content (AvgIpc) is 2.86. The van der Waals surface area contributed by atoms with Crippen molar-refractivity contribution in [3.8, 4) is 0 Å². The first-order chi connectivity index (χ1) is 7.75. The van der Waals surface area contributed by atoms with E-state index < -0.39 is 0 Å².